The van der Waals surface area contributed by atoms with E-state index in [1.54, 1.807) is 38.1 Å². The fourth-order valence-electron chi connectivity index (χ4n) is 7.05. The molecule has 3 heterocycles. The molecule has 1 aromatic heterocycles. The number of ether oxygens (including phenoxy) is 2. The third-order valence-corrected chi connectivity index (χ3v) is 12.4. The van der Waals surface area contributed by atoms with Gasteiger partial charge in [0.15, 0.2) is 15.7 Å². The molecule has 2 aliphatic heterocycles. The van der Waals surface area contributed by atoms with Gasteiger partial charge in [-0.15, -0.1) is 0 Å². The first-order valence-electron chi connectivity index (χ1n) is 17.3. The van der Waals surface area contributed by atoms with Crippen LogP contribution >= 0.6 is 11.6 Å². The number of para-hydroxylation sites is 1. The standard InChI is InChI=1S/C37H46ClN5O4S/c1-21(2)47-34-17-28(26-15-32(24-10-11-24)43(27-19-46-20-27)33(16-26)25-12-13-25)23(5)14-31(34)41-37-39-18-29(38)36(42-37)40-30-8-6-7-9-35(30)48(44,45)22(3)4/h6-9,14-15,17-18,21-22,24-25,27,32-33H,10-13,16,19-20H2,1-5H3,(H2,39,40,41,42)/t32?,33-/m1/s1. The van der Waals surface area contributed by atoms with Crippen molar-refractivity contribution in [3.05, 3.63) is 64.8 Å². The first-order chi connectivity index (χ1) is 23.0. The highest BCUT2D eigenvalue weighted by molar-refractivity contribution is 7.92. The fraction of sp³-hybridized carbons (Fsp3) is 0.514. The summed E-state index contributed by atoms with van der Waals surface area (Å²) < 4.78 is 38.2. The van der Waals surface area contributed by atoms with Crippen LogP contribution in [0.4, 0.5) is 23.1 Å². The Kier molecular flexibility index (Phi) is 9.21. The highest BCUT2D eigenvalue weighted by Gasteiger charge is 2.49. The zero-order chi connectivity index (χ0) is 33.7. The number of nitrogens with zero attached hydrogens (tertiary/aromatic N) is 3. The van der Waals surface area contributed by atoms with Crippen LogP contribution in [0.25, 0.3) is 5.57 Å². The number of halogens is 1. The summed E-state index contributed by atoms with van der Waals surface area (Å²) in [6.07, 6.45) is 10.3. The third kappa shape index (κ3) is 6.82. The number of anilines is 4. The maximum atomic E-state index is 13.1. The van der Waals surface area contributed by atoms with E-state index in [9.17, 15) is 8.42 Å². The Labute approximate surface area is 289 Å². The third-order valence-electron chi connectivity index (χ3n) is 9.93. The Morgan fingerprint density at radius 3 is 2.38 bits per heavy atom. The fourth-order valence-corrected chi connectivity index (χ4v) is 8.39. The Hall–Kier alpha value is -3.18. The molecule has 2 N–H and O–H groups in total. The van der Waals surface area contributed by atoms with Crippen molar-refractivity contribution in [3.63, 3.8) is 0 Å². The zero-order valence-electron chi connectivity index (χ0n) is 28.4. The van der Waals surface area contributed by atoms with E-state index in [0.29, 0.717) is 35.6 Å². The molecule has 0 radical (unpaired) electrons. The van der Waals surface area contributed by atoms with Gasteiger partial charge in [0.2, 0.25) is 5.95 Å². The molecule has 2 aliphatic carbocycles. The van der Waals surface area contributed by atoms with Crippen LogP contribution in [0.15, 0.2) is 53.6 Å². The summed E-state index contributed by atoms with van der Waals surface area (Å²) in [6, 6.07) is 12.6. The molecule has 4 aliphatic rings. The van der Waals surface area contributed by atoms with Crippen molar-refractivity contribution in [1.29, 1.82) is 0 Å². The van der Waals surface area contributed by atoms with Crippen LogP contribution in [0.2, 0.25) is 5.02 Å². The second-order valence-corrected chi connectivity index (χ2v) is 17.2. The van der Waals surface area contributed by atoms with E-state index in [4.69, 9.17) is 21.1 Å². The van der Waals surface area contributed by atoms with E-state index >= 15 is 0 Å². The highest BCUT2D eigenvalue weighted by Crippen LogP contribution is 2.50. The van der Waals surface area contributed by atoms with E-state index < -0.39 is 15.1 Å². The summed E-state index contributed by atoms with van der Waals surface area (Å²) in [4.78, 5) is 12.1. The van der Waals surface area contributed by atoms with Crippen LogP contribution in [0.1, 0.15) is 70.9 Å². The summed E-state index contributed by atoms with van der Waals surface area (Å²) in [6.45, 7) is 11.2. The average Bonchev–Trinajstić information content (AvgIpc) is 3.94. The van der Waals surface area contributed by atoms with Gasteiger partial charge in [-0.3, -0.25) is 4.90 Å². The van der Waals surface area contributed by atoms with Gasteiger partial charge in [-0.2, -0.15) is 4.98 Å². The molecule has 0 bridgehead atoms. The monoisotopic (exact) mass is 691 g/mol. The van der Waals surface area contributed by atoms with Crippen LogP contribution in [0.5, 0.6) is 5.75 Å². The maximum absolute atomic E-state index is 13.1. The lowest BCUT2D eigenvalue weighted by atomic mass is 9.84. The molecule has 9 nitrogen and oxygen atoms in total. The van der Waals surface area contributed by atoms with Gasteiger partial charge in [0.1, 0.15) is 10.8 Å². The average molecular weight is 692 g/mol. The first-order valence-corrected chi connectivity index (χ1v) is 19.2. The van der Waals surface area contributed by atoms with E-state index in [-0.39, 0.29) is 16.0 Å². The smallest absolute Gasteiger partial charge is 0.229 e. The second kappa shape index (κ2) is 13.3. The lowest BCUT2D eigenvalue weighted by Crippen LogP contribution is -2.59. The van der Waals surface area contributed by atoms with Crippen molar-refractivity contribution in [2.24, 2.45) is 11.8 Å². The molecule has 3 fully saturated rings. The van der Waals surface area contributed by atoms with Crippen molar-refractivity contribution in [3.8, 4) is 5.75 Å². The second-order valence-electron chi connectivity index (χ2n) is 14.3. The Bertz CT molecular complexity index is 1820. The quantitative estimate of drug-likeness (QED) is 0.196. The molecule has 11 heteroatoms. The molecule has 0 amide bonds. The number of hydrogen-bond acceptors (Lipinski definition) is 9. The largest absolute Gasteiger partial charge is 0.489 e. The molecular formula is C37H46ClN5O4S. The predicted octanol–water partition coefficient (Wildman–Crippen LogP) is 7.94. The Balaban J connectivity index is 1.20. The summed E-state index contributed by atoms with van der Waals surface area (Å²) >= 11 is 6.52. The van der Waals surface area contributed by atoms with Crippen LogP contribution in [-0.4, -0.2) is 66.0 Å². The molecule has 256 valence electrons. The molecule has 0 spiro atoms. The van der Waals surface area contributed by atoms with Gasteiger partial charge in [0.05, 0.1) is 53.1 Å². The van der Waals surface area contributed by atoms with Gasteiger partial charge in [-0.05, 0) is 120 Å². The van der Waals surface area contributed by atoms with Crippen LogP contribution < -0.4 is 15.4 Å². The maximum Gasteiger partial charge on any atom is 0.229 e. The minimum absolute atomic E-state index is 0.0447. The van der Waals surface area contributed by atoms with Crippen molar-refractivity contribution >= 4 is 50.2 Å². The van der Waals surface area contributed by atoms with Crippen molar-refractivity contribution in [1.82, 2.24) is 14.9 Å². The molecule has 1 saturated heterocycles. The van der Waals surface area contributed by atoms with Crippen LogP contribution in [-0.2, 0) is 14.6 Å². The van der Waals surface area contributed by atoms with Crippen molar-refractivity contribution < 1.29 is 17.9 Å². The number of nitrogens with one attached hydrogen (secondary N) is 2. The number of hydrogen-bond donors (Lipinski definition) is 2. The summed E-state index contributed by atoms with van der Waals surface area (Å²) in [5.74, 6) is 2.84. The van der Waals surface area contributed by atoms with Gasteiger partial charge >= 0.3 is 0 Å². The molecule has 3 aromatic rings. The summed E-state index contributed by atoms with van der Waals surface area (Å²) in [5, 5.41) is 6.20. The van der Waals surface area contributed by atoms with E-state index in [0.717, 1.165) is 48.5 Å². The van der Waals surface area contributed by atoms with E-state index in [1.807, 2.05) is 13.8 Å². The van der Waals surface area contributed by atoms with Gasteiger partial charge in [0.25, 0.3) is 0 Å². The minimum atomic E-state index is -3.54. The molecule has 48 heavy (non-hydrogen) atoms. The summed E-state index contributed by atoms with van der Waals surface area (Å²) in [5.41, 5.74) is 4.97. The minimum Gasteiger partial charge on any atom is -0.489 e. The Morgan fingerprint density at radius 2 is 1.73 bits per heavy atom. The molecule has 2 saturated carbocycles. The molecule has 7 rings (SSSR count). The predicted molar refractivity (Wildman–Crippen MR) is 191 cm³/mol. The van der Waals surface area contributed by atoms with E-state index in [1.165, 1.54) is 43.0 Å². The normalized spacial score (nSPS) is 22.0. The molecule has 2 atom stereocenters. The number of sulfone groups is 1. The van der Waals surface area contributed by atoms with Crippen molar-refractivity contribution in [2.75, 3.05) is 23.8 Å². The van der Waals surface area contributed by atoms with Gasteiger partial charge in [-0.1, -0.05) is 29.8 Å². The molecule has 2 aromatic carbocycles. The van der Waals surface area contributed by atoms with Crippen LogP contribution in [0.3, 0.4) is 0 Å². The lowest BCUT2D eigenvalue weighted by Gasteiger charge is -2.49. The number of rotatable bonds is 12. The molecule has 1 unspecified atom stereocenters. The lowest BCUT2D eigenvalue weighted by molar-refractivity contribution is -0.0963. The van der Waals surface area contributed by atoms with Crippen molar-refractivity contribution in [2.45, 2.75) is 101 Å². The van der Waals surface area contributed by atoms with Gasteiger partial charge in [-0.25, -0.2) is 13.4 Å². The number of aryl methyl sites for hydroxylation is 1. The Morgan fingerprint density at radius 1 is 1.00 bits per heavy atom. The zero-order valence-corrected chi connectivity index (χ0v) is 29.9. The highest BCUT2D eigenvalue weighted by atomic mass is 35.5. The molecular weight excluding hydrogens is 646 g/mol. The summed E-state index contributed by atoms with van der Waals surface area (Å²) in [7, 11) is -3.54. The number of aromatic nitrogens is 2. The first kappa shape index (κ1) is 33.3. The number of benzene rings is 2. The SMILES string of the molecule is Cc1cc(Nc2ncc(Cl)c(Nc3ccccc3S(=O)(=O)C(C)C)n2)c(OC(C)C)cc1C1=CC(C2CC2)N(C2COC2)[C@@H](C2CC2)C1. The topological polar surface area (TPSA) is 106 Å². The van der Waals surface area contributed by atoms with Gasteiger partial charge < -0.3 is 20.1 Å². The van der Waals surface area contributed by atoms with E-state index in [2.05, 4.69) is 50.6 Å². The van der Waals surface area contributed by atoms with Crippen LogP contribution in [0, 0.1) is 18.8 Å². The van der Waals surface area contributed by atoms with Gasteiger partial charge in [0, 0.05) is 12.1 Å².